The van der Waals surface area contributed by atoms with Crippen molar-refractivity contribution in [2.45, 2.75) is 30.1 Å². The lowest BCUT2D eigenvalue weighted by molar-refractivity contribution is -0.137. The van der Waals surface area contributed by atoms with E-state index in [1.807, 2.05) is 24.3 Å². The van der Waals surface area contributed by atoms with Crippen LogP contribution in [0.1, 0.15) is 18.4 Å². The van der Waals surface area contributed by atoms with Gasteiger partial charge in [0.15, 0.2) is 0 Å². The number of nitrogens with one attached hydrogen (secondary N) is 3. The molecule has 1 aliphatic heterocycles. The Hall–Kier alpha value is -1.28. The topological polar surface area (TPSA) is 90.5 Å². The van der Waals surface area contributed by atoms with E-state index in [9.17, 15) is 9.59 Å². The second-order valence-electron chi connectivity index (χ2n) is 4.60. The molecular weight excluding hydrogens is 314 g/mol. The monoisotopic (exact) mass is 329 g/mol. The number of carboxylic acid groups (broad SMARTS) is 1. The Morgan fingerprint density at radius 1 is 1.38 bits per heavy atom. The maximum atomic E-state index is 11.8. The summed E-state index contributed by atoms with van der Waals surface area (Å²) < 4.78 is 0. The summed E-state index contributed by atoms with van der Waals surface area (Å²) in [6.45, 7) is 0. The third-order valence-corrected chi connectivity index (χ3v) is 4.24. The van der Waals surface area contributed by atoms with Crippen molar-refractivity contribution in [1.29, 1.82) is 0 Å². The fourth-order valence-electron chi connectivity index (χ4n) is 1.87. The molecule has 114 valence electrons. The zero-order valence-electron chi connectivity index (χ0n) is 11.1. The Kier molecular flexibility index (Phi) is 5.86. The molecule has 8 heteroatoms. The first-order valence-corrected chi connectivity index (χ1v) is 7.86. The number of thioether (sulfide) groups is 1. The first-order chi connectivity index (χ1) is 10.0. The largest absolute Gasteiger partial charge is 0.481 e. The van der Waals surface area contributed by atoms with Gasteiger partial charge in [-0.2, -0.15) is 0 Å². The fourth-order valence-corrected chi connectivity index (χ4v) is 2.97. The Morgan fingerprint density at radius 3 is 2.86 bits per heavy atom. The van der Waals surface area contributed by atoms with E-state index in [1.165, 1.54) is 11.8 Å². The Morgan fingerprint density at radius 2 is 2.19 bits per heavy atom. The van der Waals surface area contributed by atoms with Crippen molar-refractivity contribution < 1.29 is 14.7 Å². The van der Waals surface area contributed by atoms with E-state index in [1.54, 1.807) is 0 Å². The third-order valence-electron chi connectivity index (χ3n) is 2.93. The van der Waals surface area contributed by atoms with Crippen molar-refractivity contribution in [3.63, 3.8) is 0 Å². The lowest BCUT2D eigenvalue weighted by Gasteiger charge is -2.30. The van der Waals surface area contributed by atoms with Crippen molar-refractivity contribution in [2.24, 2.45) is 0 Å². The van der Waals surface area contributed by atoms with Gasteiger partial charge < -0.3 is 10.4 Å². The van der Waals surface area contributed by atoms with Crippen molar-refractivity contribution >= 4 is 35.2 Å². The highest BCUT2D eigenvalue weighted by Gasteiger charge is 2.27. The van der Waals surface area contributed by atoms with E-state index in [2.05, 4.69) is 16.2 Å². The van der Waals surface area contributed by atoms with Crippen LogP contribution in [0.4, 0.5) is 0 Å². The van der Waals surface area contributed by atoms with Crippen LogP contribution in [0.2, 0.25) is 5.02 Å². The van der Waals surface area contributed by atoms with E-state index in [0.717, 1.165) is 5.56 Å². The Bertz CT molecular complexity index is 529. The van der Waals surface area contributed by atoms with Gasteiger partial charge in [0.2, 0.25) is 5.91 Å². The Balaban J connectivity index is 1.77. The number of amides is 1. The molecule has 1 aromatic carbocycles. The molecule has 4 N–H and O–H groups in total. The number of benzene rings is 1. The minimum atomic E-state index is -0.915. The van der Waals surface area contributed by atoms with E-state index < -0.39 is 12.0 Å². The van der Waals surface area contributed by atoms with Gasteiger partial charge in [-0.3, -0.25) is 9.59 Å². The van der Waals surface area contributed by atoms with Gasteiger partial charge in [0.05, 0.1) is 0 Å². The maximum absolute atomic E-state index is 11.8. The van der Waals surface area contributed by atoms with Crippen molar-refractivity contribution in [3.8, 4) is 0 Å². The van der Waals surface area contributed by atoms with Crippen LogP contribution < -0.4 is 16.2 Å². The molecule has 0 radical (unpaired) electrons. The quantitative estimate of drug-likeness (QED) is 0.629. The molecule has 0 aromatic heterocycles. The molecule has 21 heavy (non-hydrogen) atoms. The molecule has 1 amide bonds. The summed E-state index contributed by atoms with van der Waals surface area (Å²) in [6.07, 6.45) is 0.201. The van der Waals surface area contributed by atoms with Crippen LogP contribution in [0.15, 0.2) is 24.3 Å². The third kappa shape index (κ3) is 5.20. The van der Waals surface area contributed by atoms with Gasteiger partial charge >= 0.3 is 5.97 Å². The van der Waals surface area contributed by atoms with Gasteiger partial charge in [-0.25, -0.2) is 10.9 Å². The summed E-state index contributed by atoms with van der Waals surface area (Å²) in [7, 11) is 0. The van der Waals surface area contributed by atoms with E-state index in [4.69, 9.17) is 16.7 Å². The van der Waals surface area contributed by atoms with E-state index in [-0.39, 0.29) is 24.2 Å². The number of carbonyl (C=O) groups is 2. The molecule has 0 spiro atoms. The van der Waals surface area contributed by atoms with Crippen molar-refractivity contribution in [1.82, 2.24) is 16.2 Å². The van der Waals surface area contributed by atoms with Crippen LogP contribution in [-0.4, -0.2) is 28.5 Å². The van der Waals surface area contributed by atoms with E-state index in [0.29, 0.717) is 10.8 Å². The minimum absolute atomic E-state index is 0.0485. The van der Waals surface area contributed by atoms with Crippen LogP contribution in [0, 0.1) is 0 Å². The second-order valence-corrected chi connectivity index (χ2v) is 6.13. The van der Waals surface area contributed by atoms with Crippen LogP contribution >= 0.6 is 23.4 Å². The van der Waals surface area contributed by atoms with Crippen molar-refractivity contribution in [2.75, 3.05) is 0 Å². The minimum Gasteiger partial charge on any atom is -0.481 e. The highest BCUT2D eigenvalue weighted by Crippen LogP contribution is 2.19. The standard InChI is InChI=1S/C13H16ClN3O3S/c14-9-3-1-2-8(6-9)7-21-13-15-12(20)10(16-17-13)4-5-11(18)19/h1-3,6,10,13,16-17H,4-5,7H2,(H,15,20)(H,18,19). The van der Waals surface area contributed by atoms with E-state index >= 15 is 0 Å². The summed E-state index contributed by atoms with van der Waals surface area (Å²) in [5, 5.41) is 12.1. The van der Waals surface area contributed by atoms with Gasteiger partial charge in [-0.05, 0) is 24.1 Å². The van der Waals surface area contributed by atoms with Gasteiger partial charge in [0.25, 0.3) is 0 Å². The predicted octanol–water partition coefficient (Wildman–Crippen LogP) is 1.31. The number of hydrogen-bond donors (Lipinski definition) is 4. The zero-order chi connectivity index (χ0) is 15.2. The van der Waals surface area contributed by atoms with Gasteiger partial charge in [0.1, 0.15) is 11.5 Å². The van der Waals surface area contributed by atoms with Crippen LogP contribution in [-0.2, 0) is 15.3 Å². The van der Waals surface area contributed by atoms with Gasteiger partial charge in [-0.15, -0.1) is 11.8 Å². The molecule has 0 bridgehead atoms. The van der Waals surface area contributed by atoms with Crippen LogP contribution in [0.3, 0.4) is 0 Å². The molecule has 1 aliphatic rings. The lowest BCUT2D eigenvalue weighted by atomic mass is 10.1. The summed E-state index contributed by atoms with van der Waals surface area (Å²) in [5.74, 6) is -0.416. The summed E-state index contributed by atoms with van der Waals surface area (Å²) in [4.78, 5) is 22.3. The molecule has 6 nitrogen and oxygen atoms in total. The molecule has 1 heterocycles. The number of hydrogen-bond acceptors (Lipinski definition) is 5. The maximum Gasteiger partial charge on any atom is 0.303 e. The fraction of sp³-hybridized carbons (Fsp3) is 0.385. The molecule has 2 rings (SSSR count). The first-order valence-electron chi connectivity index (χ1n) is 6.44. The van der Waals surface area contributed by atoms with Crippen molar-refractivity contribution in [3.05, 3.63) is 34.9 Å². The second kappa shape index (κ2) is 7.65. The molecular formula is C13H16ClN3O3S. The highest BCUT2D eigenvalue weighted by molar-refractivity contribution is 7.99. The number of hydrazine groups is 1. The molecule has 1 saturated heterocycles. The average Bonchev–Trinajstić information content (AvgIpc) is 2.44. The molecule has 0 saturated carbocycles. The predicted molar refractivity (Wildman–Crippen MR) is 81.6 cm³/mol. The number of aliphatic carboxylic acids is 1. The number of halogens is 1. The van der Waals surface area contributed by atoms with Gasteiger partial charge in [0, 0.05) is 17.2 Å². The number of rotatable bonds is 6. The van der Waals surface area contributed by atoms with Crippen LogP contribution in [0.25, 0.3) is 0 Å². The first kappa shape index (κ1) is 16.1. The molecule has 1 fully saturated rings. The molecule has 2 atom stereocenters. The Labute approximate surface area is 131 Å². The summed E-state index contributed by atoms with van der Waals surface area (Å²) in [6, 6.07) is 7.01. The SMILES string of the molecule is O=C(O)CCC1NNC(SCc2cccc(Cl)c2)NC1=O. The summed E-state index contributed by atoms with van der Waals surface area (Å²) >= 11 is 7.42. The zero-order valence-corrected chi connectivity index (χ0v) is 12.7. The number of carbonyl (C=O) groups excluding carboxylic acids is 1. The normalized spacial score (nSPS) is 21.9. The number of carboxylic acids is 1. The molecule has 2 unspecified atom stereocenters. The van der Waals surface area contributed by atoms with Crippen LogP contribution in [0.5, 0.6) is 0 Å². The van der Waals surface area contributed by atoms with Gasteiger partial charge in [-0.1, -0.05) is 23.7 Å². The molecule has 1 aromatic rings. The lowest BCUT2D eigenvalue weighted by Crippen LogP contribution is -2.64. The molecule has 0 aliphatic carbocycles. The average molecular weight is 330 g/mol. The summed E-state index contributed by atoms with van der Waals surface area (Å²) in [5.41, 5.74) is 6.61. The smallest absolute Gasteiger partial charge is 0.303 e. The highest BCUT2D eigenvalue weighted by atomic mass is 35.5.